The maximum absolute atomic E-state index is 2.35. The Kier molecular flexibility index (Phi) is 4.06. The number of hydrogen-bond donors (Lipinski definition) is 0. The van der Waals surface area contributed by atoms with Crippen molar-refractivity contribution in [3.8, 4) is 22.3 Å². The molecule has 142 valence electrons. The number of rotatable bonds is 3. The van der Waals surface area contributed by atoms with Crippen LogP contribution >= 0.6 is 0 Å². The van der Waals surface area contributed by atoms with Crippen molar-refractivity contribution in [1.29, 1.82) is 0 Å². The molecule has 0 heterocycles. The second-order valence-electron chi connectivity index (χ2n) is 8.34. The number of benzene rings is 4. The summed E-state index contributed by atoms with van der Waals surface area (Å²) in [4.78, 5) is 2.22. The lowest BCUT2D eigenvalue weighted by atomic mass is 9.79. The van der Waals surface area contributed by atoms with Crippen LogP contribution in [0, 0.1) is 0 Å². The SMILES string of the molecule is CN(c1ccccc1)c1ccc(-c2cccc3c2C(C)(C)c2ccccc2-3)cc1. The maximum Gasteiger partial charge on any atom is 0.0408 e. The summed E-state index contributed by atoms with van der Waals surface area (Å²) in [7, 11) is 2.12. The molecule has 0 aliphatic heterocycles. The van der Waals surface area contributed by atoms with E-state index in [1.807, 2.05) is 0 Å². The van der Waals surface area contributed by atoms with Crippen LogP contribution in [0.4, 0.5) is 11.4 Å². The van der Waals surface area contributed by atoms with E-state index < -0.39 is 0 Å². The zero-order chi connectivity index (χ0) is 20.0. The molecule has 0 fully saturated rings. The van der Waals surface area contributed by atoms with Crippen LogP contribution in [0.15, 0.2) is 97.1 Å². The lowest BCUT2D eigenvalue weighted by Gasteiger charge is -2.25. The average molecular weight is 376 g/mol. The van der Waals surface area contributed by atoms with Crippen LogP contribution in [0.5, 0.6) is 0 Å². The highest BCUT2D eigenvalue weighted by Crippen LogP contribution is 2.51. The first-order valence-electron chi connectivity index (χ1n) is 10.2. The lowest BCUT2D eigenvalue weighted by Crippen LogP contribution is -2.16. The topological polar surface area (TPSA) is 3.24 Å². The van der Waals surface area contributed by atoms with E-state index in [2.05, 4.69) is 123 Å². The average Bonchev–Trinajstić information content (AvgIpc) is 3.02. The normalized spacial score (nSPS) is 13.6. The monoisotopic (exact) mass is 375 g/mol. The van der Waals surface area contributed by atoms with Gasteiger partial charge in [0.2, 0.25) is 0 Å². The number of para-hydroxylation sites is 1. The summed E-state index contributed by atoms with van der Waals surface area (Å²) in [6, 6.07) is 35.0. The van der Waals surface area contributed by atoms with Crippen LogP contribution in [0.25, 0.3) is 22.3 Å². The molecule has 1 aliphatic carbocycles. The van der Waals surface area contributed by atoms with Crippen molar-refractivity contribution >= 4 is 11.4 Å². The smallest absolute Gasteiger partial charge is 0.0408 e. The van der Waals surface area contributed by atoms with Crippen molar-refractivity contribution in [3.05, 3.63) is 108 Å². The molecule has 29 heavy (non-hydrogen) atoms. The van der Waals surface area contributed by atoms with E-state index in [9.17, 15) is 0 Å². The van der Waals surface area contributed by atoms with Gasteiger partial charge in [0.15, 0.2) is 0 Å². The zero-order valence-electron chi connectivity index (χ0n) is 17.2. The summed E-state index contributed by atoms with van der Waals surface area (Å²) in [6.07, 6.45) is 0. The largest absolute Gasteiger partial charge is 0.345 e. The third kappa shape index (κ3) is 2.77. The van der Waals surface area contributed by atoms with Crippen LogP contribution in [-0.4, -0.2) is 7.05 Å². The third-order valence-corrected chi connectivity index (χ3v) is 6.29. The van der Waals surface area contributed by atoms with Crippen LogP contribution in [0.2, 0.25) is 0 Å². The number of fused-ring (bicyclic) bond motifs is 3. The molecule has 0 atom stereocenters. The predicted molar refractivity (Wildman–Crippen MR) is 124 cm³/mol. The Morgan fingerprint density at radius 2 is 1.14 bits per heavy atom. The molecule has 5 rings (SSSR count). The summed E-state index contributed by atoms with van der Waals surface area (Å²) >= 11 is 0. The fourth-order valence-corrected chi connectivity index (χ4v) is 4.75. The second-order valence-corrected chi connectivity index (χ2v) is 8.34. The summed E-state index contributed by atoms with van der Waals surface area (Å²) in [5.41, 5.74) is 10.6. The van der Waals surface area contributed by atoms with E-state index in [1.54, 1.807) is 0 Å². The molecule has 0 spiro atoms. The fourth-order valence-electron chi connectivity index (χ4n) is 4.75. The van der Waals surface area contributed by atoms with E-state index in [4.69, 9.17) is 0 Å². The molecule has 0 saturated carbocycles. The van der Waals surface area contributed by atoms with Gasteiger partial charge in [0, 0.05) is 23.8 Å². The van der Waals surface area contributed by atoms with E-state index in [1.165, 1.54) is 44.8 Å². The van der Waals surface area contributed by atoms with Gasteiger partial charge in [-0.3, -0.25) is 0 Å². The van der Waals surface area contributed by atoms with Gasteiger partial charge >= 0.3 is 0 Å². The van der Waals surface area contributed by atoms with Crippen LogP contribution < -0.4 is 4.90 Å². The van der Waals surface area contributed by atoms with Gasteiger partial charge in [0.05, 0.1) is 0 Å². The minimum Gasteiger partial charge on any atom is -0.345 e. The van der Waals surface area contributed by atoms with Gasteiger partial charge in [-0.1, -0.05) is 86.6 Å². The molecule has 1 aliphatic rings. The van der Waals surface area contributed by atoms with Crippen molar-refractivity contribution in [2.45, 2.75) is 19.3 Å². The first-order valence-corrected chi connectivity index (χ1v) is 10.2. The second kappa shape index (κ2) is 6.63. The molecule has 4 aromatic rings. The molecule has 0 radical (unpaired) electrons. The van der Waals surface area contributed by atoms with Crippen molar-refractivity contribution in [2.24, 2.45) is 0 Å². The lowest BCUT2D eigenvalue weighted by molar-refractivity contribution is 0.662. The van der Waals surface area contributed by atoms with Crippen LogP contribution in [0.3, 0.4) is 0 Å². The van der Waals surface area contributed by atoms with Gasteiger partial charge in [-0.25, -0.2) is 0 Å². The molecule has 1 heteroatoms. The fraction of sp³-hybridized carbons (Fsp3) is 0.143. The van der Waals surface area contributed by atoms with E-state index in [-0.39, 0.29) is 5.41 Å². The zero-order valence-corrected chi connectivity index (χ0v) is 17.2. The third-order valence-electron chi connectivity index (χ3n) is 6.29. The van der Waals surface area contributed by atoms with E-state index >= 15 is 0 Å². The maximum atomic E-state index is 2.35. The molecular weight excluding hydrogens is 350 g/mol. The molecule has 0 unspecified atom stereocenters. The molecule has 0 amide bonds. The molecule has 1 nitrogen and oxygen atoms in total. The Morgan fingerprint density at radius 1 is 0.552 bits per heavy atom. The first kappa shape index (κ1) is 17.8. The molecule has 0 aromatic heterocycles. The Hall–Kier alpha value is -3.32. The quantitative estimate of drug-likeness (QED) is 0.360. The van der Waals surface area contributed by atoms with Crippen molar-refractivity contribution in [1.82, 2.24) is 0 Å². The van der Waals surface area contributed by atoms with Crippen LogP contribution in [0.1, 0.15) is 25.0 Å². The van der Waals surface area contributed by atoms with Gasteiger partial charge in [-0.15, -0.1) is 0 Å². The van der Waals surface area contributed by atoms with Crippen LogP contribution in [-0.2, 0) is 5.41 Å². The predicted octanol–water partition coefficient (Wildman–Crippen LogP) is 7.43. The van der Waals surface area contributed by atoms with Gasteiger partial charge in [-0.2, -0.15) is 0 Å². The van der Waals surface area contributed by atoms with Gasteiger partial charge in [-0.05, 0) is 57.6 Å². The Balaban J connectivity index is 1.57. The van der Waals surface area contributed by atoms with Gasteiger partial charge < -0.3 is 4.90 Å². The van der Waals surface area contributed by atoms with E-state index in [0.29, 0.717) is 0 Å². The van der Waals surface area contributed by atoms with Gasteiger partial charge in [0.25, 0.3) is 0 Å². The minimum atomic E-state index is 0.00201. The molecule has 0 N–H and O–H groups in total. The van der Waals surface area contributed by atoms with E-state index in [0.717, 1.165) is 0 Å². The highest BCUT2D eigenvalue weighted by molar-refractivity contribution is 5.88. The summed E-state index contributed by atoms with van der Waals surface area (Å²) in [5, 5.41) is 0. The Labute approximate surface area is 173 Å². The molecular formula is C28H25N. The van der Waals surface area contributed by atoms with Gasteiger partial charge in [0.1, 0.15) is 0 Å². The summed E-state index contributed by atoms with van der Waals surface area (Å²) < 4.78 is 0. The standard InChI is InChI=1S/C28H25N/c1-28(2)26-15-8-7-12-24(26)25-14-9-13-23(27(25)28)20-16-18-22(19-17-20)29(3)21-10-5-4-6-11-21/h4-19H,1-3H3. The molecule has 0 saturated heterocycles. The first-order chi connectivity index (χ1) is 14.1. The Bertz CT molecular complexity index is 1170. The summed E-state index contributed by atoms with van der Waals surface area (Å²) in [6.45, 7) is 4.69. The van der Waals surface area contributed by atoms with Crippen molar-refractivity contribution in [3.63, 3.8) is 0 Å². The van der Waals surface area contributed by atoms with Crippen molar-refractivity contribution in [2.75, 3.05) is 11.9 Å². The molecule has 0 bridgehead atoms. The highest BCUT2D eigenvalue weighted by atomic mass is 15.1. The Morgan fingerprint density at radius 3 is 1.90 bits per heavy atom. The van der Waals surface area contributed by atoms with Crippen molar-refractivity contribution < 1.29 is 0 Å². The highest BCUT2D eigenvalue weighted by Gasteiger charge is 2.37. The molecule has 4 aromatic carbocycles. The summed E-state index contributed by atoms with van der Waals surface area (Å²) in [5.74, 6) is 0. The number of hydrogen-bond acceptors (Lipinski definition) is 1. The minimum absolute atomic E-state index is 0.00201. The number of anilines is 2. The number of nitrogens with zero attached hydrogens (tertiary/aromatic N) is 1.